The predicted octanol–water partition coefficient (Wildman–Crippen LogP) is 3.88. The first-order valence-corrected chi connectivity index (χ1v) is 17.5. The minimum atomic E-state index is -0.544. The van der Waals surface area contributed by atoms with Gasteiger partial charge in [-0.3, -0.25) is 24.3 Å². The number of fused-ring (bicyclic) bond motifs is 4. The molecular formula is C38H46N8O4. The van der Waals surface area contributed by atoms with E-state index in [1.54, 1.807) is 17.3 Å². The lowest BCUT2D eigenvalue weighted by Crippen LogP contribution is -2.56. The van der Waals surface area contributed by atoms with E-state index in [9.17, 15) is 14.4 Å². The molecule has 4 heterocycles. The number of rotatable bonds is 5. The summed E-state index contributed by atoms with van der Waals surface area (Å²) in [7, 11) is 0. The van der Waals surface area contributed by atoms with Crippen molar-refractivity contribution in [2.45, 2.75) is 58.7 Å². The Morgan fingerprint density at radius 1 is 0.880 bits per heavy atom. The van der Waals surface area contributed by atoms with Gasteiger partial charge in [0.25, 0.3) is 5.91 Å². The fraction of sp³-hybridized carbons (Fsp3) is 0.421. The molecule has 1 atom stereocenters. The molecule has 0 aliphatic carbocycles. The molecule has 2 bridgehead atoms. The fourth-order valence-corrected chi connectivity index (χ4v) is 6.52. The van der Waals surface area contributed by atoms with E-state index in [4.69, 9.17) is 4.74 Å². The van der Waals surface area contributed by atoms with Crippen LogP contribution in [0.2, 0.25) is 0 Å². The molecule has 2 aliphatic rings. The number of nitrogens with one attached hydrogen (secondary N) is 1. The third-order valence-corrected chi connectivity index (χ3v) is 9.33. The minimum Gasteiger partial charge on any atom is -0.492 e. The van der Waals surface area contributed by atoms with Gasteiger partial charge < -0.3 is 24.4 Å². The zero-order chi connectivity index (χ0) is 34.9. The number of aromatic nitrogens is 4. The fourth-order valence-electron chi connectivity index (χ4n) is 6.52. The normalized spacial score (nSPS) is 18.0. The molecule has 0 radical (unpaired) electrons. The third-order valence-electron chi connectivity index (χ3n) is 9.33. The standard InChI is InChI=1S/C38H46N8O4/c1-28-9-11-30(12-10-28)27-46-20-14-40-37(48)34(46)24-35(47)43-15-3-4-16-45(38(49)33-26-41-29(2)25-42-33)21-22-50-32-8-5-7-31(23-32)36-39-13-19-44(36)18-6-17-43/h5,7-13,19,23,25-26,34H,3-4,6,14-18,20-22,24,27H2,1-2H3,(H,40,48). The molecule has 12 nitrogen and oxygen atoms in total. The predicted molar refractivity (Wildman–Crippen MR) is 189 cm³/mol. The zero-order valence-electron chi connectivity index (χ0n) is 29.0. The number of carbonyl (C=O) groups excluding carboxylic acids is 3. The lowest BCUT2D eigenvalue weighted by Gasteiger charge is -2.36. The van der Waals surface area contributed by atoms with E-state index in [1.807, 2.05) is 42.3 Å². The van der Waals surface area contributed by atoms with Gasteiger partial charge in [-0.15, -0.1) is 0 Å². The third kappa shape index (κ3) is 8.92. The first-order valence-electron chi connectivity index (χ1n) is 17.5. The SMILES string of the molecule is Cc1ccc(CN2CCNC(=O)C2CC(=O)N2CCCCN(C(=O)c3cnc(C)cn3)CCOc3cccc(c3)-c3nccn3CCC2)cc1. The molecular weight excluding hydrogens is 632 g/mol. The van der Waals surface area contributed by atoms with Crippen LogP contribution in [0.25, 0.3) is 11.4 Å². The van der Waals surface area contributed by atoms with Gasteiger partial charge in [-0.2, -0.15) is 0 Å². The van der Waals surface area contributed by atoms with Gasteiger partial charge in [-0.25, -0.2) is 9.97 Å². The van der Waals surface area contributed by atoms with Gasteiger partial charge in [0.15, 0.2) is 0 Å². The Balaban J connectivity index is 1.20. The molecule has 0 saturated carbocycles. The highest BCUT2D eigenvalue weighted by Crippen LogP contribution is 2.24. The smallest absolute Gasteiger partial charge is 0.274 e. The molecule has 2 aromatic carbocycles. The average molecular weight is 679 g/mol. The molecule has 1 unspecified atom stereocenters. The van der Waals surface area contributed by atoms with Crippen molar-refractivity contribution in [2.75, 3.05) is 45.9 Å². The van der Waals surface area contributed by atoms with Gasteiger partial charge in [-0.1, -0.05) is 42.0 Å². The van der Waals surface area contributed by atoms with Crippen LogP contribution in [-0.4, -0.2) is 104 Å². The Morgan fingerprint density at radius 2 is 1.68 bits per heavy atom. The highest BCUT2D eigenvalue weighted by Gasteiger charge is 2.33. The number of hydrogen-bond donors (Lipinski definition) is 1. The number of hydrogen-bond acceptors (Lipinski definition) is 8. The van der Waals surface area contributed by atoms with Crippen molar-refractivity contribution in [3.63, 3.8) is 0 Å². The summed E-state index contributed by atoms with van der Waals surface area (Å²) < 4.78 is 8.22. The molecule has 1 N–H and O–H groups in total. The van der Waals surface area contributed by atoms with Crippen molar-refractivity contribution in [1.82, 2.24) is 39.5 Å². The number of imidazole rings is 1. The van der Waals surface area contributed by atoms with Crippen molar-refractivity contribution in [2.24, 2.45) is 0 Å². The second-order valence-electron chi connectivity index (χ2n) is 13.1. The Kier molecular flexibility index (Phi) is 11.5. The van der Waals surface area contributed by atoms with E-state index in [0.29, 0.717) is 84.0 Å². The Morgan fingerprint density at radius 3 is 2.48 bits per heavy atom. The van der Waals surface area contributed by atoms with Gasteiger partial charge in [0.05, 0.1) is 30.9 Å². The van der Waals surface area contributed by atoms with Crippen molar-refractivity contribution in [3.05, 3.63) is 95.8 Å². The Labute approximate surface area is 293 Å². The minimum absolute atomic E-state index is 0.0475. The Hall–Kier alpha value is -5.10. The lowest BCUT2D eigenvalue weighted by molar-refractivity contribution is -0.139. The number of amides is 3. The highest BCUT2D eigenvalue weighted by atomic mass is 16.5. The first kappa shape index (κ1) is 34.8. The quantitative estimate of drug-likeness (QED) is 0.337. The van der Waals surface area contributed by atoms with E-state index in [-0.39, 0.29) is 29.8 Å². The number of ether oxygens (including phenoxy) is 1. The maximum absolute atomic E-state index is 14.0. The van der Waals surface area contributed by atoms with Crippen LogP contribution in [0.5, 0.6) is 5.75 Å². The molecule has 2 aliphatic heterocycles. The summed E-state index contributed by atoms with van der Waals surface area (Å²) in [6.45, 7) is 8.61. The van der Waals surface area contributed by atoms with Gasteiger partial charge in [-0.05, 0) is 50.8 Å². The average Bonchev–Trinajstić information content (AvgIpc) is 3.59. The van der Waals surface area contributed by atoms with Crippen molar-refractivity contribution in [1.29, 1.82) is 0 Å². The van der Waals surface area contributed by atoms with Gasteiger partial charge in [0.1, 0.15) is 23.9 Å². The Bertz CT molecular complexity index is 1760. The maximum Gasteiger partial charge on any atom is 0.274 e. The van der Waals surface area contributed by atoms with Gasteiger partial charge in [0.2, 0.25) is 11.8 Å². The van der Waals surface area contributed by atoms with E-state index >= 15 is 0 Å². The number of nitrogens with zero attached hydrogens (tertiary/aromatic N) is 7. The molecule has 1 saturated heterocycles. The van der Waals surface area contributed by atoms with Crippen LogP contribution in [0.4, 0.5) is 0 Å². The lowest BCUT2D eigenvalue weighted by atomic mass is 10.1. The molecule has 3 amide bonds. The summed E-state index contributed by atoms with van der Waals surface area (Å²) in [6.07, 6.45) is 9.03. The van der Waals surface area contributed by atoms with Crippen LogP contribution in [0, 0.1) is 13.8 Å². The van der Waals surface area contributed by atoms with Crippen LogP contribution in [0.15, 0.2) is 73.3 Å². The molecule has 0 spiro atoms. The number of aryl methyl sites for hydroxylation is 3. The number of carbonyl (C=O) groups is 3. The molecule has 12 heteroatoms. The molecule has 50 heavy (non-hydrogen) atoms. The second kappa shape index (κ2) is 16.5. The molecule has 4 aromatic rings. The molecule has 1 fully saturated rings. The zero-order valence-corrected chi connectivity index (χ0v) is 29.0. The van der Waals surface area contributed by atoms with Crippen molar-refractivity contribution < 1.29 is 19.1 Å². The first-order chi connectivity index (χ1) is 24.3. The van der Waals surface area contributed by atoms with E-state index < -0.39 is 6.04 Å². The topological polar surface area (TPSA) is 126 Å². The summed E-state index contributed by atoms with van der Waals surface area (Å²) in [5.74, 6) is 1.15. The monoisotopic (exact) mass is 678 g/mol. The van der Waals surface area contributed by atoms with Crippen LogP contribution < -0.4 is 10.1 Å². The van der Waals surface area contributed by atoms with Crippen molar-refractivity contribution >= 4 is 17.7 Å². The van der Waals surface area contributed by atoms with Crippen LogP contribution >= 0.6 is 0 Å². The number of benzene rings is 2. The summed E-state index contributed by atoms with van der Waals surface area (Å²) in [5.41, 5.74) is 4.24. The largest absolute Gasteiger partial charge is 0.492 e. The van der Waals surface area contributed by atoms with E-state index in [0.717, 1.165) is 22.6 Å². The summed E-state index contributed by atoms with van der Waals surface area (Å²) in [5, 5.41) is 2.97. The highest BCUT2D eigenvalue weighted by molar-refractivity contribution is 5.92. The second-order valence-corrected chi connectivity index (χ2v) is 13.1. The summed E-state index contributed by atoms with van der Waals surface area (Å²) >= 11 is 0. The van der Waals surface area contributed by atoms with Gasteiger partial charge in [0, 0.05) is 70.0 Å². The van der Waals surface area contributed by atoms with Crippen LogP contribution in [0.1, 0.15) is 53.0 Å². The summed E-state index contributed by atoms with van der Waals surface area (Å²) in [6, 6.07) is 15.6. The molecule has 2 aromatic heterocycles. The number of piperazine rings is 1. The molecule has 262 valence electrons. The van der Waals surface area contributed by atoms with Crippen LogP contribution in [-0.2, 0) is 22.7 Å². The summed E-state index contributed by atoms with van der Waals surface area (Å²) in [4.78, 5) is 59.7. The van der Waals surface area contributed by atoms with E-state index in [1.165, 1.54) is 11.8 Å². The maximum atomic E-state index is 14.0. The molecule has 6 rings (SSSR count). The van der Waals surface area contributed by atoms with Crippen molar-refractivity contribution in [3.8, 4) is 17.1 Å². The van der Waals surface area contributed by atoms with Crippen LogP contribution in [0.3, 0.4) is 0 Å². The van der Waals surface area contributed by atoms with E-state index in [2.05, 4.69) is 60.9 Å². The van der Waals surface area contributed by atoms with Gasteiger partial charge >= 0.3 is 0 Å².